The Morgan fingerprint density at radius 3 is 3.05 bits per heavy atom. The Balaban J connectivity index is 1.74. The molecule has 1 spiro atoms. The first-order chi connectivity index (χ1) is 10.2. The summed E-state index contributed by atoms with van der Waals surface area (Å²) in [5.74, 6) is 1.99. The zero-order valence-corrected chi connectivity index (χ0v) is 14.0. The SMILES string of the molecule is CCCc1ccccc1NC1=NC2(CCCC(C)C2)CS1. The second-order valence-electron chi connectivity index (χ2n) is 6.66. The minimum atomic E-state index is 0.227. The largest absolute Gasteiger partial charge is 0.335 e. The van der Waals surface area contributed by atoms with Gasteiger partial charge in [0.05, 0.1) is 5.54 Å². The van der Waals surface area contributed by atoms with E-state index < -0.39 is 0 Å². The first-order valence-corrected chi connectivity index (χ1v) is 9.27. The number of anilines is 1. The van der Waals surface area contributed by atoms with Crippen LogP contribution in [0.15, 0.2) is 29.3 Å². The van der Waals surface area contributed by atoms with Gasteiger partial charge in [0, 0.05) is 11.4 Å². The van der Waals surface area contributed by atoms with Crippen LogP contribution >= 0.6 is 11.8 Å². The lowest BCUT2D eigenvalue weighted by molar-refractivity contribution is 0.266. The van der Waals surface area contributed by atoms with Gasteiger partial charge in [0.25, 0.3) is 0 Å². The number of para-hydroxylation sites is 1. The number of nitrogens with one attached hydrogen (secondary N) is 1. The van der Waals surface area contributed by atoms with Gasteiger partial charge in [-0.1, -0.05) is 63.1 Å². The minimum absolute atomic E-state index is 0.227. The number of nitrogens with zero attached hydrogens (tertiary/aromatic N) is 1. The average Bonchev–Trinajstić information content (AvgIpc) is 2.83. The van der Waals surface area contributed by atoms with Crippen LogP contribution in [0.5, 0.6) is 0 Å². The third-order valence-corrected chi connectivity index (χ3v) is 5.81. The predicted molar refractivity (Wildman–Crippen MR) is 94.3 cm³/mol. The van der Waals surface area contributed by atoms with Crippen molar-refractivity contribution >= 4 is 22.6 Å². The Hall–Kier alpha value is -0.960. The van der Waals surface area contributed by atoms with Gasteiger partial charge in [-0.05, 0) is 36.8 Å². The van der Waals surface area contributed by atoms with Gasteiger partial charge in [0.15, 0.2) is 5.17 Å². The van der Waals surface area contributed by atoms with Gasteiger partial charge in [0.2, 0.25) is 0 Å². The molecule has 1 aromatic rings. The molecular formula is C18H26N2S. The molecule has 2 unspecified atom stereocenters. The molecule has 2 aliphatic rings. The molecule has 2 nitrogen and oxygen atoms in total. The highest BCUT2D eigenvalue weighted by Crippen LogP contribution is 2.42. The number of hydrogen-bond acceptors (Lipinski definition) is 3. The van der Waals surface area contributed by atoms with Crippen LogP contribution < -0.4 is 5.32 Å². The van der Waals surface area contributed by atoms with Gasteiger partial charge in [-0.15, -0.1) is 0 Å². The second kappa shape index (κ2) is 6.43. The van der Waals surface area contributed by atoms with E-state index in [1.54, 1.807) is 0 Å². The maximum Gasteiger partial charge on any atom is 0.161 e. The van der Waals surface area contributed by atoms with Crippen molar-refractivity contribution in [2.24, 2.45) is 10.9 Å². The Labute approximate surface area is 132 Å². The summed E-state index contributed by atoms with van der Waals surface area (Å²) in [6, 6.07) is 8.65. The number of amidine groups is 1. The molecule has 0 aromatic heterocycles. The van der Waals surface area contributed by atoms with Crippen molar-refractivity contribution in [2.45, 2.75) is 57.9 Å². The summed E-state index contributed by atoms with van der Waals surface area (Å²) in [5.41, 5.74) is 2.87. The maximum atomic E-state index is 5.09. The van der Waals surface area contributed by atoms with Crippen LogP contribution in [-0.4, -0.2) is 16.5 Å². The molecule has 1 aliphatic carbocycles. The van der Waals surface area contributed by atoms with Crippen molar-refractivity contribution in [3.8, 4) is 0 Å². The van der Waals surface area contributed by atoms with Crippen molar-refractivity contribution in [3.63, 3.8) is 0 Å². The van der Waals surface area contributed by atoms with Crippen LogP contribution in [0.3, 0.4) is 0 Å². The molecule has 0 saturated heterocycles. The first kappa shape index (κ1) is 15.0. The third-order valence-electron chi connectivity index (χ3n) is 4.66. The fourth-order valence-corrected chi connectivity index (χ4v) is 4.83. The molecule has 21 heavy (non-hydrogen) atoms. The van der Waals surface area contributed by atoms with Crippen LogP contribution in [0.4, 0.5) is 5.69 Å². The second-order valence-corrected chi connectivity index (χ2v) is 7.63. The Kier molecular flexibility index (Phi) is 4.58. The molecule has 0 radical (unpaired) electrons. The van der Waals surface area contributed by atoms with Gasteiger partial charge < -0.3 is 5.32 Å². The highest BCUT2D eigenvalue weighted by Gasteiger charge is 2.39. The quantitative estimate of drug-likeness (QED) is 0.839. The zero-order chi connectivity index (χ0) is 14.7. The van der Waals surface area contributed by atoms with Gasteiger partial charge in [-0.25, -0.2) is 0 Å². The summed E-state index contributed by atoms with van der Waals surface area (Å²) in [6.45, 7) is 4.61. The van der Waals surface area contributed by atoms with Gasteiger partial charge in [-0.3, -0.25) is 4.99 Å². The molecule has 1 heterocycles. The van der Waals surface area contributed by atoms with Gasteiger partial charge in [0.1, 0.15) is 0 Å². The summed E-state index contributed by atoms with van der Waals surface area (Å²) < 4.78 is 0. The van der Waals surface area contributed by atoms with E-state index in [2.05, 4.69) is 43.4 Å². The monoisotopic (exact) mass is 302 g/mol. The van der Waals surface area contributed by atoms with E-state index in [0.717, 1.165) is 23.3 Å². The standard InChI is InChI=1S/C18H26N2S/c1-3-7-15-9-4-5-10-16(15)19-17-20-18(13-21-17)11-6-8-14(2)12-18/h4-5,9-10,14H,3,6-8,11-13H2,1-2H3,(H,19,20). The van der Waals surface area contributed by atoms with Crippen LogP contribution in [0, 0.1) is 5.92 Å². The summed E-state index contributed by atoms with van der Waals surface area (Å²) >= 11 is 1.91. The van der Waals surface area contributed by atoms with Crippen LogP contribution in [0.2, 0.25) is 0 Å². The van der Waals surface area contributed by atoms with Crippen LogP contribution in [0.1, 0.15) is 51.5 Å². The van der Waals surface area contributed by atoms with Crippen molar-refractivity contribution in [2.75, 3.05) is 11.1 Å². The van der Waals surface area contributed by atoms with E-state index >= 15 is 0 Å². The van der Waals surface area contributed by atoms with E-state index in [0.29, 0.717) is 0 Å². The molecule has 0 bridgehead atoms. The molecule has 1 aliphatic heterocycles. The lowest BCUT2D eigenvalue weighted by Crippen LogP contribution is -2.33. The van der Waals surface area contributed by atoms with E-state index in [1.165, 1.54) is 43.4 Å². The average molecular weight is 302 g/mol. The predicted octanol–water partition coefficient (Wildman–Crippen LogP) is 5.10. The normalized spacial score (nSPS) is 28.7. The van der Waals surface area contributed by atoms with Crippen molar-refractivity contribution in [1.29, 1.82) is 0 Å². The summed E-state index contributed by atoms with van der Waals surface area (Å²) in [7, 11) is 0. The van der Waals surface area contributed by atoms with E-state index in [4.69, 9.17) is 4.99 Å². The summed E-state index contributed by atoms with van der Waals surface area (Å²) in [6.07, 6.45) is 7.56. The molecule has 1 N–H and O–H groups in total. The highest BCUT2D eigenvalue weighted by molar-refractivity contribution is 8.14. The number of aryl methyl sites for hydroxylation is 1. The number of hydrogen-bond donors (Lipinski definition) is 1. The highest BCUT2D eigenvalue weighted by atomic mass is 32.2. The topological polar surface area (TPSA) is 24.4 Å². The van der Waals surface area contributed by atoms with E-state index in [9.17, 15) is 0 Å². The molecular weight excluding hydrogens is 276 g/mol. The minimum Gasteiger partial charge on any atom is -0.335 e. The molecule has 0 amide bonds. The molecule has 1 saturated carbocycles. The van der Waals surface area contributed by atoms with Crippen LogP contribution in [-0.2, 0) is 6.42 Å². The van der Waals surface area contributed by atoms with Gasteiger partial charge in [-0.2, -0.15) is 0 Å². The molecule has 1 fully saturated rings. The number of aliphatic imine (C=N–C) groups is 1. The first-order valence-electron chi connectivity index (χ1n) is 8.28. The number of benzene rings is 1. The van der Waals surface area contributed by atoms with Crippen LogP contribution in [0.25, 0.3) is 0 Å². The Morgan fingerprint density at radius 1 is 1.38 bits per heavy atom. The van der Waals surface area contributed by atoms with Crippen molar-refractivity contribution in [1.82, 2.24) is 0 Å². The Bertz CT molecular complexity index is 526. The van der Waals surface area contributed by atoms with E-state index in [-0.39, 0.29) is 5.54 Å². The fourth-order valence-electron chi connectivity index (χ4n) is 3.66. The number of rotatable bonds is 3. The summed E-state index contributed by atoms with van der Waals surface area (Å²) in [5, 5.41) is 4.73. The molecule has 114 valence electrons. The zero-order valence-electron chi connectivity index (χ0n) is 13.2. The lowest BCUT2D eigenvalue weighted by atomic mass is 9.78. The molecule has 3 rings (SSSR count). The van der Waals surface area contributed by atoms with Crippen molar-refractivity contribution < 1.29 is 0 Å². The number of thioether (sulfide) groups is 1. The third kappa shape index (κ3) is 3.45. The molecule has 2 atom stereocenters. The lowest BCUT2D eigenvalue weighted by Gasteiger charge is -2.33. The Morgan fingerprint density at radius 2 is 2.24 bits per heavy atom. The summed E-state index contributed by atoms with van der Waals surface area (Å²) in [4.78, 5) is 5.09. The smallest absolute Gasteiger partial charge is 0.161 e. The maximum absolute atomic E-state index is 5.09. The van der Waals surface area contributed by atoms with E-state index in [1.807, 2.05) is 11.8 Å². The van der Waals surface area contributed by atoms with Gasteiger partial charge >= 0.3 is 0 Å². The fraction of sp³-hybridized carbons (Fsp3) is 0.611. The molecule has 1 aromatic carbocycles. The molecule has 3 heteroatoms. The van der Waals surface area contributed by atoms with Crippen molar-refractivity contribution in [3.05, 3.63) is 29.8 Å².